The zero-order chi connectivity index (χ0) is 16.3. The van der Waals surface area contributed by atoms with Crippen LogP contribution >= 0.6 is 0 Å². The van der Waals surface area contributed by atoms with Crippen molar-refractivity contribution in [3.8, 4) is 0 Å². The zero-order valence-electron chi connectivity index (χ0n) is 12.2. The van der Waals surface area contributed by atoms with Gasteiger partial charge in [0.25, 0.3) is 10.0 Å². The summed E-state index contributed by atoms with van der Waals surface area (Å²) in [4.78, 5) is 14.9. The van der Waals surface area contributed by atoms with Crippen LogP contribution in [0.3, 0.4) is 0 Å². The Kier molecular flexibility index (Phi) is 4.46. The molecule has 0 unspecified atom stereocenters. The minimum absolute atomic E-state index is 0.161. The number of hydrogen-bond donors (Lipinski definition) is 1. The molecule has 1 aromatic carbocycles. The molecule has 1 N–H and O–H groups in total. The lowest BCUT2D eigenvalue weighted by atomic mass is 10.2. The van der Waals surface area contributed by atoms with Gasteiger partial charge in [-0.25, -0.2) is 18.2 Å². The quantitative estimate of drug-likeness (QED) is 0.913. The SMILES string of the molecule is CCN(c1ccnc(C(=O)O)c1)S(=O)(=O)c1ccc(C)cc1. The average Bonchev–Trinajstić information content (AvgIpc) is 2.48. The number of carboxylic acid groups (broad SMARTS) is 1. The molecule has 0 bridgehead atoms. The lowest BCUT2D eigenvalue weighted by Gasteiger charge is -2.23. The van der Waals surface area contributed by atoms with E-state index in [2.05, 4.69) is 4.98 Å². The Bertz CT molecular complexity index is 785. The van der Waals surface area contributed by atoms with Gasteiger partial charge in [-0.05, 0) is 38.1 Å². The standard InChI is InChI=1S/C15H16N2O4S/c1-3-17(12-8-9-16-14(10-12)15(18)19)22(20,21)13-6-4-11(2)5-7-13/h4-10H,3H2,1-2H3,(H,18,19). The van der Waals surface area contributed by atoms with Gasteiger partial charge in [-0.1, -0.05) is 17.7 Å². The second-order valence-electron chi connectivity index (χ2n) is 4.69. The van der Waals surface area contributed by atoms with E-state index in [4.69, 9.17) is 5.11 Å². The molecule has 0 aliphatic rings. The number of aromatic carboxylic acids is 1. The van der Waals surface area contributed by atoms with E-state index in [-0.39, 0.29) is 22.8 Å². The van der Waals surface area contributed by atoms with E-state index < -0.39 is 16.0 Å². The van der Waals surface area contributed by atoms with E-state index in [1.54, 1.807) is 19.1 Å². The van der Waals surface area contributed by atoms with Crippen LogP contribution in [0.25, 0.3) is 0 Å². The Balaban J connectivity index is 2.49. The largest absolute Gasteiger partial charge is 0.477 e. The predicted octanol–water partition coefficient (Wildman–Crippen LogP) is 2.30. The summed E-state index contributed by atoms with van der Waals surface area (Å²) in [7, 11) is -3.75. The number of benzene rings is 1. The molecular formula is C15H16N2O4S. The molecule has 2 aromatic rings. The van der Waals surface area contributed by atoms with Gasteiger partial charge >= 0.3 is 5.97 Å². The van der Waals surface area contributed by atoms with Crippen LogP contribution < -0.4 is 4.31 Å². The Morgan fingerprint density at radius 1 is 1.23 bits per heavy atom. The molecule has 22 heavy (non-hydrogen) atoms. The van der Waals surface area contributed by atoms with Crippen LogP contribution in [0, 0.1) is 6.92 Å². The Morgan fingerprint density at radius 3 is 2.41 bits per heavy atom. The number of nitrogens with zero attached hydrogens (tertiary/aromatic N) is 2. The van der Waals surface area contributed by atoms with Gasteiger partial charge in [-0.2, -0.15) is 0 Å². The predicted molar refractivity (Wildman–Crippen MR) is 82.6 cm³/mol. The van der Waals surface area contributed by atoms with Crippen LogP contribution in [0.1, 0.15) is 23.0 Å². The molecule has 0 aliphatic heterocycles. The van der Waals surface area contributed by atoms with Crippen LogP contribution in [-0.2, 0) is 10.0 Å². The van der Waals surface area contributed by atoms with Gasteiger partial charge in [0, 0.05) is 12.7 Å². The van der Waals surface area contributed by atoms with Crippen molar-refractivity contribution in [3.05, 3.63) is 53.9 Å². The highest BCUT2D eigenvalue weighted by molar-refractivity contribution is 7.92. The number of aromatic nitrogens is 1. The molecule has 0 fully saturated rings. The highest BCUT2D eigenvalue weighted by atomic mass is 32.2. The monoisotopic (exact) mass is 320 g/mol. The van der Waals surface area contributed by atoms with Crippen LogP contribution in [0.5, 0.6) is 0 Å². The summed E-state index contributed by atoms with van der Waals surface area (Å²) < 4.78 is 26.6. The van der Waals surface area contributed by atoms with Crippen LogP contribution in [0.4, 0.5) is 5.69 Å². The first-order valence-corrected chi connectivity index (χ1v) is 8.09. The maximum Gasteiger partial charge on any atom is 0.354 e. The van der Waals surface area contributed by atoms with Crippen molar-refractivity contribution < 1.29 is 18.3 Å². The Morgan fingerprint density at radius 2 is 1.86 bits per heavy atom. The third-order valence-electron chi connectivity index (χ3n) is 3.15. The molecule has 0 atom stereocenters. The molecule has 7 heteroatoms. The minimum Gasteiger partial charge on any atom is -0.477 e. The van der Waals surface area contributed by atoms with Crippen LogP contribution in [0.15, 0.2) is 47.5 Å². The molecule has 6 nitrogen and oxygen atoms in total. The number of carbonyl (C=O) groups is 1. The normalized spacial score (nSPS) is 11.2. The first-order valence-electron chi connectivity index (χ1n) is 6.65. The molecule has 0 radical (unpaired) electrons. The first-order chi connectivity index (χ1) is 10.4. The highest BCUT2D eigenvalue weighted by Crippen LogP contribution is 2.24. The van der Waals surface area contributed by atoms with E-state index in [0.29, 0.717) is 0 Å². The van der Waals surface area contributed by atoms with Gasteiger partial charge in [0.1, 0.15) is 5.69 Å². The number of anilines is 1. The van der Waals surface area contributed by atoms with Crippen molar-refractivity contribution in [1.82, 2.24) is 4.98 Å². The summed E-state index contributed by atoms with van der Waals surface area (Å²) in [5, 5.41) is 8.98. The number of pyridine rings is 1. The van der Waals surface area contributed by atoms with Gasteiger partial charge in [0.05, 0.1) is 10.6 Å². The van der Waals surface area contributed by atoms with E-state index in [1.165, 1.54) is 30.5 Å². The molecule has 0 amide bonds. The number of sulfonamides is 1. The van der Waals surface area contributed by atoms with Gasteiger partial charge in [0.15, 0.2) is 0 Å². The first kappa shape index (κ1) is 16.0. The summed E-state index contributed by atoms with van der Waals surface area (Å²) in [5.41, 5.74) is 1.03. The molecule has 1 heterocycles. The van der Waals surface area contributed by atoms with E-state index in [0.717, 1.165) is 9.87 Å². The van der Waals surface area contributed by atoms with Gasteiger partial charge in [0.2, 0.25) is 0 Å². The average molecular weight is 320 g/mol. The molecule has 116 valence electrons. The van der Waals surface area contributed by atoms with Crippen molar-refractivity contribution in [3.63, 3.8) is 0 Å². The zero-order valence-corrected chi connectivity index (χ0v) is 13.0. The topological polar surface area (TPSA) is 87.6 Å². The lowest BCUT2D eigenvalue weighted by molar-refractivity contribution is 0.0690. The van der Waals surface area contributed by atoms with Crippen LogP contribution in [0.2, 0.25) is 0 Å². The highest BCUT2D eigenvalue weighted by Gasteiger charge is 2.24. The Hall–Kier alpha value is -2.41. The third kappa shape index (κ3) is 3.09. The summed E-state index contributed by atoms with van der Waals surface area (Å²) in [6.45, 7) is 3.74. The summed E-state index contributed by atoms with van der Waals surface area (Å²) >= 11 is 0. The van der Waals surface area contributed by atoms with Crippen molar-refractivity contribution in [2.75, 3.05) is 10.8 Å². The van der Waals surface area contributed by atoms with E-state index in [1.807, 2.05) is 6.92 Å². The van der Waals surface area contributed by atoms with Gasteiger partial charge in [-0.15, -0.1) is 0 Å². The molecule has 0 saturated heterocycles. The molecule has 0 saturated carbocycles. The second-order valence-corrected chi connectivity index (χ2v) is 6.55. The third-order valence-corrected chi connectivity index (χ3v) is 5.06. The smallest absolute Gasteiger partial charge is 0.354 e. The number of aryl methyl sites for hydroxylation is 1. The minimum atomic E-state index is -3.75. The molecular weight excluding hydrogens is 304 g/mol. The fourth-order valence-corrected chi connectivity index (χ4v) is 3.49. The Labute approximate surface area is 129 Å². The van der Waals surface area contributed by atoms with Gasteiger partial charge < -0.3 is 5.11 Å². The van der Waals surface area contributed by atoms with Crippen LogP contribution in [-0.4, -0.2) is 31.0 Å². The summed E-state index contributed by atoms with van der Waals surface area (Å²) in [6, 6.07) is 9.23. The lowest BCUT2D eigenvalue weighted by Crippen LogP contribution is -2.31. The second kappa shape index (κ2) is 6.15. The van der Waals surface area contributed by atoms with E-state index >= 15 is 0 Å². The number of rotatable bonds is 5. The van der Waals surface area contributed by atoms with Crippen molar-refractivity contribution >= 4 is 21.7 Å². The summed E-state index contributed by atoms with van der Waals surface area (Å²) in [5.74, 6) is -1.20. The molecule has 1 aromatic heterocycles. The number of hydrogen-bond acceptors (Lipinski definition) is 4. The van der Waals surface area contributed by atoms with Crippen molar-refractivity contribution in [2.45, 2.75) is 18.7 Å². The maximum absolute atomic E-state index is 12.7. The van der Waals surface area contributed by atoms with Crippen molar-refractivity contribution in [2.24, 2.45) is 0 Å². The molecule has 0 aliphatic carbocycles. The maximum atomic E-state index is 12.7. The summed E-state index contributed by atoms with van der Waals surface area (Å²) in [6.07, 6.45) is 1.28. The number of carboxylic acids is 1. The molecule has 2 rings (SSSR count). The van der Waals surface area contributed by atoms with Gasteiger partial charge in [-0.3, -0.25) is 4.31 Å². The fourth-order valence-electron chi connectivity index (χ4n) is 2.02. The van der Waals surface area contributed by atoms with Crippen molar-refractivity contribution in [1.29, 1.82) is 0 Å². The van der Waals surface area contributed by atoms with E-state index in [9.17, 15) is 13.2 Å². The fraction of sp³-hybridized carbons (Fsp3) is 0.200. The molecule has 0 spiro atoms.